The Balaban J connectivity index is 2.96. The van der Waals surface area contributed by atoms with Crippen molar-refractivity contribution in [1.29, 1.82) is 5.26 Å². The summed E-state index contributed by atoms with van der Waals surface area (Å²) in [7, 11) is 1.65. The first-order valence-corrected chi connectivity index (χ1v) is 5.90. The van der Waals surface area contributed by atoms with Gasteiger partial charge in [0.25, 0.3) is 0 Å². The maximum absolute atomic E-state index is 8.57. The molecule has 0 heterocycles. The first kappa shape index (κ1) is 13.5. The summed E-state index contributed by atoms with van der Waals surface area (Å²) in [6.45, 7) is 4.29. The molecule has 2 N–H and O–H groups in total. The van der Waals surface area contributed by atoms with Crippen LogP contribution in [0.3, 0.4) is 0 Å². The molecule has 0 radical (unpaired) electrons. The highest BCUT2D eigenvalue weighted by Gasteiger charge is 2.13. The summed E-state index contributed by atoms with van der Waals surface area (Å²) in [5, 5.41) is 8.57. The standard InChI is InChI=1S/C14H20N2O/c1-10(2)11-6-7-12(14(9-11)17-3)13(16)5-4-8-15/h6-7,9-10,13H,4-5,16H2,1-3H3. The second-order valence-corrected chi connectivity index (χ2v) is 4.46. The minimum atomic E-state index is -0.134. The molecule has 1 rings (SSSR count). The van der Waals surface area contributed by atoms with E-state index in [1.54, 1.807) is 7.11 Å². The SMILES string of the molecule is COc1cc(C(C)C)ccc1C(N)CCC#N. The molecule has 0 aliphatic carbocycles. The molecule has 17 heavy (non-hydrogen) atoms. The minimum Gasteiger partial charge on any atom is -0.496 e. The van der Waals surface area contributed by atoms with Gasteiger partial charge in [-0.05, 0) is 24.0 Å². The van der Waals surface area contributed by atoms with E-state index in [2.05, 4.69) is 26.0 Å². The number of nitriles is 1. The summed E-state index contributed by atoms with van der Waals surface area (Å²) in [6, 6.07) is 8.10. The van der Waals surface area contributed by atoms with E-state index in [0.717, 1.165) is 11.3 Å². The fourth-order valence-corrected chi connectivity index (χ4v) is 1.77. The number of rotatable bonds is 5. The van der Waals surface area contributed by atoms with Crippen LogP contribution in [0, 0.1) is 11.3 Å². The third kappa shape index (κ3) is 3.47. The normalized spacial score (nSPS) is 12.2. The number of hydrogen-bond acceptors (Lipinski definition) is 3. The maximum atomic E-state index is 8.57. The Kier molecular flexibility index (Phi) is 4.99. The van der Waals surface area contributed by atoms with Crippen LogP contribution in [0.5, 0.6) is 5.75 Å². The van der Waals surface area contributed by atoms with Crippen LogP contribution in [-0.4, -0.2) is 7.11 Å². The highest BCUT2D eigenvalue weighted by molar-refractivity contribution is 5.40. The van der Waals surface area contributed by atoms with E-state index in [0.29, 0.717) is 18.8 Å². The van der Waals surface area contributed by atoms with Gasteiger partial charge < -0.3 is 10.5 Å². The van der Waals surface area contributed by atoms with E-state index in [-0.39, 0.29) is 6.04 Å². The van der Waals surface area contributed by atoms with E-state index in [4.69, 9.17) is 15.7 Å². The lowest BCUT2D eigenvalue weighted by Gasteiger charge is -2.16. The number of methoxy groups -OCH3 is 1. The van der Waals surface area contributed by atoms with E-state index >= 15 is 0 Å². The molecule has 1 atom stereocenters. The maximum Gasteiger partial charge on any atom is 0.123 e. The lowest BCUT2D eigenvalue weighted by atomic mass is 9.96. The zero-order chi connectivity index (χ0) is 12.8. The van der Waals surface area contributed by atoms with Gasteiger partial charge in [0.2, 0.25) is 0 Å². The van der Waals surface area contributed by atoms with Crippen LogP contribution >= 0.6 is 0 Å². The van der Waals surface area contributed by atoms with E-state index in [1.807, 2.05) is 12.1 Å². The summed E-state index contributed by atoms with van der Waals surface area (Å²) in [6.07, 6.45) is 1.13. The van der Waals surface area contributed by atoms with Crippen LogP contribution in [0.1, 0.15) is 49.8 Å². The Bertz CT molecular complexity index is 407. The summed E-state index contributed by atoms with van der Waals surface area (Å²) in [5.74, 6) is 1.29. The monoisotopic (exact) mass is 232 g/mol. The molecule has 0 saturated heterocycles. The molecule has 1 aromatic rings. The molecule has 0 saturated carbocycles. The molecular formula is C14H20N2O. The van der Waals surface area contributed by atoms with Crippen molar-refractivity contribution < 1.29 is 4.74 Å². The number of hydrogen-bond donors (Lipinski definition) is 1. The van der Waals surface area contributed by atoms with Gasteiger partial charge in [0, 0.05) is 18.0 Å². The van der Waals surface area contributed by atoms with Gasteiger partial charge in [-0.1, -0.05) is 26.0 Å². The molecule has 0 amide bonds. The largest absolute Gasteiger partial charge is 0.496 e. The fraction of sp³-hybridized carbons (Fsp3) is 0.500. The van der Waals surface area contributed by atoms with Crippen molar-refractivity contribution in [3.8, 4) is 11.8 Å². The summed E-state index contributed by atoms with van der Waals surface area (Å²) >= 11 is 0. The zero-order valence-electron chi connectivity index (χ0n) is 10.7. The predicted octanol–water partition coefficient (Wildman–Crippen LogP) is 3.12. The summed E-state index contributed by atoms with van der Waals surface area (Å²) in [5.41, 5.74) is 8.27. The molecule has 0 bridgehead atoms. The number of benzene rings is 1. The van der Waals surface area contributed by atoms with Crippen molar-refractivity contribution in [3.63, 3.8) is 0 Å². The Morgan fingerprint density at radius 2 is 2.12 bits per heavy atom. The first-order valence-electron chi connectivity index (χ1n) is 5.90. The van der Waals surface area contributed by atoms with E-state index in [9.17, 15) is 0 Å². The number of nitrogens with zero attached hydrogens (tertiary/aromatic N) is 1. The highest BCUT2D eigenvalue weighted by Crippen LogP contribution is 2.29. The second-order valence-electron chi connectivity index (χ2n) is 4.46. The lowest BCUT2D eigenvalue weighted by Crippen LogP contribution is -2.11. The van der Waals surface area contributed by atoms with Crippen LogP contribution < -0.4 is 10.5 Å². The lowest BCUT2D eigenvalue weighted by molar-refractivity contribution is 0.403. The van der Waals surface area contributed by atoms with Gasteiger partial charge in [0.1, 0.15) is 5.75 Å². The molecule has 0 spiro atoms. The van der Waals surface area contributed by atoms with Crippen molar-refractivity contribution in [2.45, 2.75) is 38.6 Å². The molecule has 0 fully saturated rings. The Labute approximate surface area is 103 Å². The summed E-state index contributed by atoms with van der Waals surface area (Å²) < 4.78 is 5.37. The fourth-order valence-electron chi connectivity index (χ4n) is 1.77. The van der Waals surface area contributed by atoms with Crippen molar-refractivity contribution in [2.75, 3.05) is 7.11 Å². The van der Waals surface area contributed by atoms with Crippen molar-refractivity contribution in [1.82, 2.24) is 0 Å². The minimum absolute atomic E-state index is 0.134. The number of nitrogens with two attached hydrogens (primary N) is 1. The molecule has 3 nitrogen and oxygen atoms in total. The first-order chi connectivity index (χ1) is 8.10. The average molecular weight is 232 g/mol. The Morgan fingerprint density at radius 1 is 1.41 bits per heavy atom. The highest BCUT2D eigenvalue weighted by atomic mass is 16.5. The second kappa shape index (κ2) is 6.27. The smallest absolute Gasteiger partial charge is 0.123 e. The third-order valence-corrected chi connectivity index (χ3v) is 2.89. The molecular weight excluding hydrogens is 212 g/mol. The van der Waals surface area contributed by atoms with Gasteiger partial charge in [-0.15, -0.1) is 0 Å². The van der Waals surface area contributed by atoms with Crippen LogP contribution in [-0.2, 0) is 0 Å². The van der Waals surface area contributed by atoms with Gasteiger partial charge in [-0.3, -0.25) is 0 Å². The summed E-state index contributed by atoms with van der Waals surface area (Å²) in [4.78, 5) is 0. The van der Waals surface area contributed by atoms with Crippen LogP contribution in [0.4, 0.5) is 0 Å². The zero-order valence-corrected chi connectivity index (χ0v) is 10.7. The van der Waals surface area contributed by atoms with E-state index < -0.39 is 0 Å². The molecule has 1 unspecified atom stereocenters. The van der Waals surface area contributed by atoms with Gasteiger partial charge in [-0.2, -0.15) is 5.26 Å². The van der Waals surface area contributed by atoms with E-state index in [1.165, 1.54) is 5.56 Å². The van der Waals surface area contributed by atoms with Gasteiger partial charge in [-0.25, -0.2) is 0 Å². The van der Waals surface area contributed by atoms with Crippen molar-refractivity contribution in [2.24, 2.45) is 5.73 Å². The molecule has 0 aliphatic heterocycles. The molecule has 0 aliphatic rings. The van der Waals surface area contributed by atoms with Crippen LogP contribution in [0.2, 0.25) is 0 Å². The molecule has 0 aromatic heterocycles. The van der Waals surface area contributed by atoms with Crippen molar-refractivity contribution >= 4 is 0 Å². The Morgan fingerprint density at radius 3 is 2.65 bits per heavy atom. The van der Waals surface area contributed by atoms with Gasteiger partial charge in [0.15, 0.2) is 0 Å². The molecule has 92 valence electrons. The topological polar surface area (TPSA) is 59.0 Å². The molecule has 1 aromatic carbocycles. The quantitative estimate of drug-likeness (QED) is 0.848. The van der Waals surface area contributed by atoms with Crippen molar-refractivity contribution in [3.05, 3.63) is 29.3 Å². The third-order valence-electron chi connectivity index (χ3n) is 2.89. The average Bonchev–Trinajstić information content (AvgIpc) is 2.34. The Hall–Kier alpha value is -1.53. The molecule has 3 heteroatoms. The predicted molar refractivity (Wildman–Crippen MR) is 68.9 cm³/mol. The van der Waals surface area contributed by atoms with Gasteiger partial charge >= 0.3 is 0 Å². The van der Waals surface area contributed by atoms with Gasteiger partial charge in [0.05, 0.1) is 13.2 Å². The van der Waals surface area contributed by atoms with Crippen LogP contribution in [0.15, 0.2) is 18.2 Å². The number of ether oxygens (including phenoxy) is 1. The van der Waals surface area contributed by atoms with Crippen LogP contribution in [0.25, 0.3) is 0 Å².